The number of ether oxygens (including phenoxy) is 1. The third kappa shape index (κ3) is 18.0. The maximum absolute atomic E-state index is 11.5. The zero-order valence-electron chi connectivity index (χ0n) is 17.2. The van der Waals surface area contributed by atoms with Crippen molar-refractivity contribution in [2.75, 3.05) is 0 Å². The van der Waals surface area contributed by atoms with Crippen LogP contribution in [0.1, 0.15) is 124 Å². The fraction of sp³-hybridized carbons (Fsp3) is 0.955. The van der Waals surface area contributed by atoms with Crippen molar-refractivity contribution in [1.82, 2.24) is 0 Å². The van der Waals surface area contributed by atoms with Crippen LogP contribution in [0.15, 0.2) is 0 Å². The molecule has 3 nitrogen and oxygen atoms in total. The highest BCUT2D eigenvalue weighted by Crippen LogP contribution is 2.14. The largest absolute Gasteiger partial charge is 0.463 e. The number of aliphatic hydroxyl groups is 1. The lowest BCUT2D eigenvalue weighted by Gasteiger charge is -2.11. The van der Waals surface area contributed by atoms with E-state index < -0.39 is 0 Å². The molecule has 150 valence electrons. The molecule has 1 N–H and O–H groups in total. The molecule has 0 aliphatic carbocycles. The highest BCUT2D eigenvalue weighted by Gasteiger charge is 2.08. The summed E-state index contributed by atoms with van der Waals surface area (Å²) in [4.78, 5) is 11.5. The summed E-state index contributed by atoms with van der Waals surface area (Å²) in [5, 5.41) is 10.0. The lowest BCUT2D eigenvalue weighted by atomic mass is 10.0. The van der Waals surface area contributed by atoms with Gasteiger partial charge in [-0.25, -0.2) is 0 Å². The standard InChI is InChI=1S/C22H44O3/c1-4-6-7-8-9-10-11-12-14-17-21(23)18-15-13-16-19-22(24)25-20(3)5-2/h20-21,23H,4-19H2,1-3H3. The molecule has 0 saturated carbocycles. The van der Waals surface area contributed by atoms with Crippen molar-refractivity contribution in [3.8, 4) is 0 Å². The first-order valence-electron chi connectivity index (χ1n) is 11.0. The molecule has 0 aromatic rings. The van der Waals surface area contributed by atoms with E-state index in [0.29, 0.717) is 6.42 Å². The van der Waals surface area contributed by atoms with Gasteiger partial charge in [0, 0.05) is 6.42 Å². The molecular formula is C22H44O3. The Kier molecular flexibility index (Phi) is 17.8. The van der Waals surface area contributed by atoms with Crippen LogP contribution in [0, 0.1) is 0 Å². The van der Waals surface area contributed by atoms with Gasteiger partial charge in [0.15, 0.2) is 0 Å². The molecule has 0 heterocycles. The van der Waals surface area contributed by atoms with Crippen LogP contribution in [0.2, 0.25) is 0 Å². The first-order chi connectivity index (χ1) is 12.1. The molecule has 0 rings (SSSR count). The molecule has 0 spiro atoms. The van der Waals surface area contributed by atoms with E-state index in [1.54, 1.807) is 0 Å². The molecule has 0 saturated heterocycles. The van der Waals surface area contributed by atoms with Crippen LogP contribution in [-0.4, -0.2) is 23.3 Å². The molecule has 2 unspecified atom stereocenters. The third-order valence-corrected chi connectivity index (χ3v) is 4.97. The monoisotopic (exact) mass is 356 g/mol. The lowest BCUT2D eigenvalue weighted by Crippen LogP contribution is -2.13. The van der Waals surface area contributed by atoms with Crippen molar-refractivity contribution >= 4 is 5.97 Å². The molecule has 0 radical (unpaired) electrons. The predicted octanol–water partition coefficient (Wildman–Crippen LogP) is 6.56. The number of aliphatic hydroxyl groups excluding tert-OH is 1. The van der Waals surface area contributed by atoms with Gasteiger partial charge < -0.3 is 9.84 Å². The number of esters is 1. The second-order valence-corrected chi connectivity index (χ2v) is 7.58. The van der Waals surface area contributed by atoms with Crippen LogP contribution in [-0.2, 0) is 9.53 Å². The summed E-state index contributed by atoms with van der Waals surface area (Å²) >= 11 is 0. The van der Waals surface area contributed by atoms with E-state index in [0.717, 1.165) is 44.9 Å². The van der Waals surface area contributed by atoms with Crippen LogP contribution in [0.25, 0.3) is 0 Å². The SMILES string of the molecule is CCCCCCCCCCCC(O)CCCCCC(=O)OC(C)CC. The van der Waals surface area contributed by atoms with Crippen molar-refractivity contribution < 1.29 is 14.6 Å². The van der Waals surface area contributed by atoms with Crippen LogP contribution in [0.3, 0.4) is 0 Å². The molecule has 2 atom stereocenters. The molecule has 0 fully saturated rings. The Hall–Kier alpha value is -0.570. The van der Waals surface area contributed by atoms with Crippen LogP contribution in [0.4, 0.5) is 0 Å². The van der Waals surface area contributed by atoms with Crippen LogP contribution in [0.5, 0.6) is 0 Å². The van der Waals surface area contributed by atoms with E-state index in [-0.39, 0.29) is 18.2 Å². The molecule has 25 heavy (non-hydrogen) atoms. The average Bonchev–Trinajstić information content (AvgIpc) is 2.59. The van der Waals surface area contributed by atoms with Crippen LogP contribution < -0.4 is 0 Å². The maximum Gasteiger partial charge on any atom is 0.306 e. The quantitative estimate of drug-likeness (QED) is 0.223. The van der Waals surface area contributed by atoms with E-state index in [1.165, 1.54) is 51.4 Å². The highest BCUT2D eigenvalue weighted by atomic mass is 16.5. The maximum atomic E-state index is 11.5. The highest BCUT2D eigenvalue weighted by molar-refractivity contribution is 5.69. The van der Waals surface area contributed by atoms with Gasteiger partial charge in [-0.3, -0.25) is 4.79 Å². The molecule has 3 heteroatoms. The second kappa shape index (κ2) is 18.2. The number of unbranched alkanes of at least 4 members (excludes halogenated alkanes) is 10. The molecule has 0 bridgehead atoms. The fourth-order valence-corrected chi connectivity index (χ4v) is 3.03. The van der Waals surface area contributed by atoms with Crippen molar-refractivity contribution in [3.63, 3.8) is 0 Å². The Morgan fingerprint density at radius 2 is 1.28 bits per heavy atom. The van der Waals surface area contributed by atoms with Crippen molar-refractivity contribution in [3.05, 3.63) is 0 Å². The van der Waals surface area contributed by atoms with Gasteiger partial charge in [-0.15, -0.1) is 0 Å². The Labute approximate surface area is 156 Å². The summed E-state index contributed by atoms with van der Waals surface area (Å²) in [7, 11) is 0. The molecule has 0 aromatic carbocycles. The summed E-state index contributed by atoms with van der Waals surface area (Å²) in [5.41, 5.74) is 0. The zero-order valence-corrected chi connectivity index (χ0v) is 17.2. The Morgan fingerprint density at radius 1 is 0.800 bits per heavy atom. The summed E-state index contributed by atoms with van der Waals surface area (Å²) < 4.78 is 5.25. The van der Waals surface area contributed by atoms with Gasteiger partial charge in [-0.1, -0.05) is 84.5 Å². The van der Waals surface area contributed by atoms with Gasteiger partial charge in [-0.2, -0.15) is 0 Å². The number of carbonyl (C=O) groups is 1. The summed E-state index contributed by atoms with van der Waals surface area (Å²) in [5.74, 6) is -0.0791. The summed E-state index contributed by atoms with van der Waals surface area (Å²) in [6.45, 7) is 6.21. The predicted molar refractivity (Wildman–Crippen MR) is 107 cm³/mol. The zero-order chi connectivity index (χ0) is 18.8. The first kappa shape index (κ1) is 24.4. The van der Waals surface area contributed by atoms with Gasteiger partial charge in [0.1, 0.15) is 0 Å². The van der Waals surface area contributed by atoms with Gasteiger partial charge in [-0.05, 0) is 32.6 Å². The van der Waals surface area contributed by atoms with Gasteiger partial charge in [0.25, 0.3) is 0 Å². The second-order valence-electron chi connectivity index (χ2n) is 7.58. The van der Waals surface area contributed by atoms with E-state index in [1.807, 2.05) is 13.8 Å². The van der Waals surface area contributed by atoms with Gasteiger partial charge >= 0.3 is 5.97 Å². The molecular weight excluding hydrogens is 312 g/mol. The van der Waals surface area contributed by atoms with Crippen molar-refractivity contribution in [2.45, 2.75) is 136 Å². The number of rotatable bonds is 18. The Bertz CT molecular complexity index is 291. The van der Waals surface area contributed by atoms with Crippen molar-refractivity contribution in [1.29, 1.82) is 0 Å². The molecule has 0 aliphatic heterocycles. The first-order valence-corrected chi connectivity index (χ1v) is 11.0. The molecule has 0 aromatic heterocycles. The van der Waals surface area contributed by atoms with E-state index >= 15 is 0 Å². The summed E-state index contributed by atoms with van der Waals surface area (Å²) in [6, 6.07) is 0. The average molecular weight is 357 g/mol. The fourth-order valence-electron chi connectivity index (χ4n) is 3.03. The van der Waals surface area contributed by atoms with Crippen molar-refractivity contribution in [2.24, 2.45) is 0 Å². The van der Waals surface area contributed by atoms with E-state index in [2.05, 4.69) is 6.92 Å². The normalized spacial score (nSPS) is 13.6. The van der Waals surface area contributed by atoms with Gasteiger partial charge in [0.05, 0.1) is 12.2 Å². The number of hydrogen-bond acceptors (Lipinski definition) is 3. The Morgan fingerprint density at radius 3 is 1.80 bits per heavy atom. The van der Waals surface area contributed by atoms with E-state index in [9.17, 15) is 9.90 Å². The minimum Gasteiger partial charge on any atom is -0.463 e. The number of hydrogen-bond donors (Lipinski definition) is 1. The van der Waals surface area contributed by atoms with Crippen LogP contribution >= 0.6 is 0 Å². The minimum absolute atomic E-state index is 0.0330. The van der Waals surface area contributed by atoms with Gasteiger partial charge in [0.2, 0.25) is 0 Å². The number of carbonyl (C=O) groups excluding carboxylic acids is 1. The third-order valence-electron chi connectivity index (χ3n) is 4.97. The molecule has 0 amide bonds. The lowest BCUT2D eigenvalue weighted by molar-refractivity contribution is -0.148. The summed E-state index contributed by atoms with van der Waals surface area (Å²) in [6.07, 6.45) is 17.9. The smallest absolute Gasteiger partial charge is 0.306 e. The topological polar surface area (TPSA) is 46.5 Å². The van der Waals surface area contributed by atoms with E-state index in [4.69, 9.17) is 4.74 Å². The Balaban J connectivity index is 3.30. The minimum atomic E-state index is -0.156. The molecule has 0 aliphatic rings.